The standard InChI is InChI=1S/C14H19BrO3/c1-8-9(4-6-11(8)16)10-5-7-12(17-2)13(15)14(10)18-3/h5,7-9,11,16H,4,6H2,1-3H3. The Hall–Kier alpha value is -0.740. The summed E-state index contributed by atoms with van der Waals surface area (Å²) in [5.74, 6) is 2.19. The van der Waals surface area contributed by atoms with Gasteiger partial charge in [-0.15, -0.1) is 0 Å². The summed E-state index contributed by atoms with van der Waals surface area (Å²) < 4.78 is 11.6. The average molecular weight is 315 g/mol. The van der Waals surface area contributed by atoms with Crippen LogP contribution < -0.4 is 9.47 Å². The van der Waals surface area contributed by atoms with E-state index in [2.05, 4.69) is 22.9 Å². The SMILES string of the molecule is COc1ccc(C2CCC(O)C2C)c(OC)c1Br. The molecule has 0 saturated heterocycles. The summed E-state index contributed by atoms with van der Waals surface area (Å²) in [6.07, 6.45) is 1.65. The van der Waals surface area contributed by atoms with Gasteiger partial charge in [0, 0.05) is 0 Å². The van der Waals surface area contributed by atoms with Gasteiger partial charge in [0.05, 0.1) is 20.3 Å². The maximum absolute atomic E-state index is 9.89. The molecule has 1 aliphatic carbocycles. The highest BCUT2D eigenvalue weighted by Crippen LogP contribution is 2.47. The molecule has 3 unspecified atom stereocenters. The lowest BCUT2D eigenvalue weighted by atomic mass is 9.89. The van der Waals surface area contributed by atoms with Crippen LogP contribution in [-0.2, 0) is 0 Å². The van der Waals surface area contributed by atoms with Crippen molar-refractivity contribution in [1.29, 1.82) is 0 Å². The molecule has 2 rings (SSSR count). The second-order valence-electron chi connectivity index (χ2n) is 4.81. The zero-order chi connectivity index (χ0) is 13.3. The minimum absolute atomic E-state index is 0.208. The fraction of sp³-hybridized carbons (Fsp3) is 0.571. The molecule has 1 aliphatic rings. The lowest BCUT2D eigenvalue weighted by molar-refractivity contribution is 0.136. The lowest BCUT2D eigenvalue weighted by Gasteiger charge is -2.22. The van der Waals surface area contributed by atoms with E-state index in [-0.39, 0.29) is 12.0 Å². The van der Waals surface area contributed by atoms with Crippen molar-refractivity contribution < 1.29 is 14.6 Å². The number of hydrogen-bond donors (Lipinski definition) is 1. The fourth-order valence-electron chi connectivity index (χ4n) is 2.79. The molecule has 18 heavy (non-hydrogen) atoms. The van der Waals surface area contributed by atoms with E-state index in [9.17, 15) is 5.11 Å². The topological polar surface area (TPSA) is 38.7 Å². The molecule has 1 N–H and O–H groups in total. The maximum Gasteiger partial charge on any atom is 0.140 e. The van der Waals surface area contributed by atoms with Gasteiger partial charge in [0.2, 0.25) is 0 Å². The first-order valence-electron chi connectivity index (χ1n) is 6.18. The number of hydrogen-bond acceptors (Lipinski definition) is 3. The number of aliphatic hydroxyl groups excluding tert-OH is 1. The molecular weight excluding hydrogens is 296 g/mol. The summed E-state index contributed by atoms with van der Waals surface area (Å²) in [6.45, 7) is 2.10. The van der Waals surface area contributed by atoms with E-state index in [1.54, 1.807) is 14.2 Å². The summed E-state index contributed by atoms with van der Waals surface area (Å²) >= 11 is 3.52. The van der Waals surface area contributed by atoms with Crippen LogP contribution in [0.2, 0.25) is 0 Å². The Labute approximate surface area is 116 Å². The molecule has 1 aromatic rings. The Morgan fingerprint density at radius 2 is 1.94 bits per heavy atom. The summed E-state index contributed by atoms with van der Waals surface area (Å²) in [5, 5.41) is 9.89. The van der Waals surface area contributed by atoms with Gasteiger partial charge in [-0.1, -0.05) is 13.0 Å². The summed E-state index contributed by atoms with van der Waals surface area (Å²) in [4.78, 5) is 0. The second kappa shape index (κ2) is 5.49. The van der Waals surface area contributed by atoms with Crippen molar-refractivity contribution in [2.75, 3.05) is 14.2 Å². The van der Waals surface area contributed by atoms with Gasteiger partial charge in [0.1, 0.15) is 16.0 Å². The molecule has 0 amide bonds. The summed E-state index contributed by atoms with van der Waals surface area (Å²) in [6, 6.07) is 3.99. The molecule has 4 heteroatoms. The Bertz CT molecular complexity index is 433. The maximum atomic E-state index is 9.89. The molecule has 1 aromatic carbocycles. The van der Waals surface area contributed by atoms with E-state index in [0.717, 1.165) is 34.4 Å². The van der Waals surface area contributed by atoms with E-state index < -0.39 is 0 Å². The Morgan fingerprint density at radius 1 is 1.22 bits per heavy atom. The number of ether oxygens (including phenoxy) is 2. The van der Waals surface area contributed by atoms with Crippen LogP contribution in [0, 0.1) is 5.92 Å². The van der Waals surface area contributed by atoms with Gasteiger partial charge in [-0.25, -0.2) is 0 Å². The average Bonchev–Trinajstić information content (AvgIpc) is 2.69. The zero-order valence-electron chi connectivity index (χ0n) is 10.9. The van der Waals surface area contributed by atoms with Crippen molar-refractivity contribution in [3.63, 3.8) is 0 Å². The predicted molar refractivity (Wildman–Crippen MR) is 74.4 cm³/mol. The number of aliphatic hydroxyl groups is 1. The molecule has 3 nitrogen and oxygen atoms in total. The first-order valence-corrected chi connectivity index (χ1v) is 6.97. The van der Waals surface area contributed by atoms with E-state index in [4.69, 9.17) is 9.47 Å². The summed E-state index contributed by atoms with van der Waals surface area (Å²) in [7, 11) is 3.31. The van der Waals surface area contributed by atoms with Crippen LogP contribution in [0.5, 0.6) is 11.5 Å². The van der Waals surface area contributed by atoms with Crippen molar-refractivity contribution >= 4 is 15.9 Å². The quantitative estimate of drug-likeness (QED) is 0.930. The molecule has 0 heterocycles. The van der Waals surface area contributed by atoms with Gasteiger partial charge in [0.15, 0.2) is 0 Å². The molecule has 1 fully saturated rings. The first-order chi connectivity index (χ1) is 8.60. The molecular formula is C14H19BrO3. The van der Waals surface area contributed by atoms with Crippen molar-refractivity contribution in [3.8, 4) is 11.5 Å². The van der Waals surface area contributed by atoms with Crippen LogP contribution in [0.25, 0.3) is 0 Å². The van der Waals surface area contributed by atoms with Crippen molar-refractivity contribution in [2.45, 2.75) is 31.8 Å². The highest BCUT2D eigenvalue weighted by atomic mass is 79.9. The van der Waals surface area contributed by atoms with Crippen LogP contribution in [0.1, 0.15) is 31.2 Å². The van der Waals surface area contributed by atoms with E-state index in [0.29, 0.717) is 5.92 Å². The number of benzene rings is 1. The van der Waals surface area contributed by atoms with Gasteiger partial charge in [-0.2, -0.15) is 0 Å². The van der Waals surface area contributed by atoms with Gasteiger partial charge in [0.25, 0.3) is 0 Å². The number of rotatable bonds is 3. The van der Waals surface area contributed by atoms with Gasteiger partial charge in [-0.3, -0.25) is 0 Å². The normalized spacial score (nSPS) is 27.3. The smallest absolute Gasteiger partial charge is 0.140 e. The molecule has 0 radical (unpaired) electrons. The highest BCUT2D eigenvalue weighted by Gasteiger charge is 2.34. The van der Waals surface area contributed by atoms with Crippen LogP contribution >= 0.6 is 15.9 Å². The van der Waals surface area contributed by atoms with E-state index >= 15 is 0 Å². The lowest BCUT2D eigenvalue weighted by Crippen LogP contribution is -2.14. The molecule has 0 bridgehead atoms. The fourth-order valence-corrected chi connectivity index (χ4v) is 3.48. The minimum atomic E-state index is -0.208. The Balaban J connectivity index is 2.42. The molecule has 0 spiro atoms. The van der Waals surface area contributed by atoms with E-state index in [1.165, 1.54) is 0 Å². The highest BCUT2D eigenvalue weighted by molar-refractivity contribution is 9.10. The molecule has 100 valence electrons. The van der Waals surface area contributed by atoms with Crippen LogP contribution in [0.4, 0.5) is 0 Å². The monoisotopic (exact) mass is 314 g/mol. The third-order valence-electron chi connectivity index (χ3n) is 3.93. The molecule has 1 saturated carbocycles. The zero-order valence-corrected chi connectivity index (χ0v) is 12.5. The van der Waals surface area contributed by atoms with Gasteiger partial charge < -0.3 is 14.6 Å². The van der Waals surface area contributed by atoms with Crippen LogP contribution in [0.15, 0.2) is 16.6 Å². The van der Waals surface area contributed by atoms with Gasteiger partial charge in [-0.05, 0) is 52.2 Å². The van der Waals surface area contributed by atoms with Crippen molar-refractivity contribution in [1.82, 2.24) is 0 Å². The third-order valence-corrected chi connectivity index (χ3v) is 4.68. The second-order valence-corrected chi connectivity index (χ2v) is 5.61. The number of halogens is 1. The Kier molecular flexibility index (Phi) is 4.17. The van der Waals surface area contributed by atoms with Crippen LogP contribution in [0.3, 0.4) is 0 Å². The summed E-state index contributed by atoms with van der Waals surface area (Å²) in [5.41, 5.74) is 1.15. The predicted octanol–water partition coefficient (Wildman–Crippen LogP) is 3.34. The Morgan fingerprint density at radius 3 is 2.44 bits per heavy atom. The minimum Gasteiger partial charge on any atom is -0.495 e. The largest absolute Gasteiger partial charge is 0.495 e. The molecule has 3 atom stereocenters. The molecule has 0 aliphatic heterocycles. The third kappa shape index (κ3) is 2.24. The van der Waals surface area contributed by atoms with Crippen LogP contribution in [-0.4, -0.2) is 25.4 Å². The number of methoxy groups -OCH3 is 2. The van der Waals surface area contributed by atoms with E-state index in [1.807, 2.05) is 12.1 Å². The van der Waals surface area contributed by atoms with Crippen molar-refractivity contribution in [3.05, 3.63) is 22.2 Å². The van der Waals surface area contributed by atoms with Crippen molar-refractivity contribution in [2.24, 2.45) is 5.92 Å². The first kappa shape index (κ1) is 13.7. The van der Waals surface area contributed by atoms with Gasteiger partial charge >= 0.3 is 0 Å². The molecule has 0 aromatic heterocycles.